The quantitative estimate of drug-likeness (QED) is 0.840. The minimum Gasteiger partial charge on any atom is -0.464 e. The van der Waals surface area contributed by atoms with Gasteiger partial charge in [-0.3, -0.25) is 0 Å². The van der Waals surface area contributed by atoms with E-state index < -0.39 is 6.10 Å². The molecule has 2 rings (SSSR count). The maximum atomic E-state index is 12.1. The van der Waals surface area contributed by atoms with E-state index in [1.54, 1.807) is 6.92 Å². The first kappa shape index (κ1) is 15.0. The van der Waals surface area contributed by atoms with Crippen molar-refractivity contribution in [1.29, 1.82) is 0 Å². The SMILES string of the molecule is CCOC(=O)C(OC1CCC(N)CC1)c1ccccc1. The van der Waals surface area contributed by atoms with Crippen LogP contribution in [0.15, 0.2) is 30.3 Å². The summed E-state index contributed by atoms with van der Waals surface area (Å²) < 4.78 is 11.1. The van der Waals surface area contributed by atoms with E-state index in [1.165, 1.54) is 0 Å². The van der Waals surface area contributed by atoms with Crippen LogP contribution in [-0.4, -0.2) is 24.7 Å². The highest BCUT2D eigenvalue weighted by atomic mass is 16.6. The van der Waals surface area contributed by atoms with Crippen LogP contribution in [0.5, 0.6) is 0 Å². The van der Waals surface area contributed by atoms with E-state index in [-0.39, 0.29) is 18.1 Å². The summed E-state index contributed by atoms with van der Waals surface area (Å²) in [4.78, 5) is 12.1. The lowest BCUT2D eigenvalue weighted by molar-refractivity contribution is -0.162. The van der Waals surface area contributed by atoms with E-state index in [0.29, 0.717) is 6.61 Å². The fraction of sp³-hybridized carbons (Fsp3) is 0.562. The zero-order chi connectivity index (χ0) is 14.4. The van der Waals surface area contributed by atoms with Crippen molar-refractivity contribution in [3.63, 3.8) is 0 Å². The number of ether oxygens (including phenoxy) is 2. The lowest BCUT2D eigenvalue weighted by Gasteiger charge is -2.29. The second-order valence-electron chi connectivity index (χ2n) is 5.22. The lowest BCUT2D eigenvalue weighted by Crippen LogP contribution is -2.32. The number of carbonyl (C=O) groups excluding carboxylic acids is 1. The van der Waals surface area contributed by atoms with Gasteiger partial charge >= 0.3 is 5.97 Å². The number of esters is 1. The van der Waals surface area contributed by atoms with Gasteiger partial charge in [0, 0.05) is 6.04 Å². The van der Waals surface area contributed by atoms with E-state index >= 15 is 0 Å². The molecule has 0 heterocycles. The summed E-state index contributed by atoms with van der Waals surface area (Å²) in [5, 5.41) is 0. The Morgan fingerprint density at radius 1 is 1.25 bits per heavy atom. The molecule has 0 aromatic heterocycles. The Hall–Kier alpha value is -1.39. The molecule has 1 atom stereocenters. The van der Waals surface area contributed by atoms with Gasteiger partial charge in [0.25, 0.3) is 0 Å². The molecule has 0 spiro atoms. The number of benzene rings is 1. The van der Waals surface area contributed by atoms with Gasteiger partial charge in [0.15, 0.2) is 6.10 Å². The van der Waals surface area contributed by atoms with Crippen LogP contribution in [0.4, 0.5) is 0 Å². The number of rotatable bonds is 5. The molecular weight excluding hydrogens is 254 g/mol. The molecular formula is C16H23NO3. The summed E-state index contributed by atoms with van der Waals surface area (Å²) in [7, 11) is 0. The first-order valence-corrected chi connectivity index (χ1v) is 7.33. The second kappa shape index (κ2) is 7.41. The van der Waals surface area contributed by atoms with Crippen LogP contribution >= 0.6 is 0 Å². The third-order valence-corrected chi connectivity index (χ3v) is 3.65. The number of nitrogens with two attached hydrogens (primary N) is 1. The van der Waals surface area contributed by atoms with Crippen molar-refractivity contribution < 1.29 is 14.3 Å². The monoisotopic (exact) mass is 277 g/mol. The molecule has 2 N–H and O–H groups in total. The predicted molar refractivity (Wildman–Crippen MR) is 77.1 cm³/mol. The molecule has 0 saturated heterocycles. The number of carbonyl (C=O) groups is 1. The first-order chi connectivity index (χ1) is 9.70. The molecule has 0 aliphatic heterocycles. The fourth-order valence-corrected chi connectivity index (χ4v) is 2.53. The Labute approximate surface area is 120 Å². The standard InChI is InChI=1S/C16H23NO3/c1-2-19-16(18)15(12-6-4-3-5-7-12)20-14-10-8-13(17)9-11-14/h3-7,13-15H,2,8-11,17H2,1H3. The van der Waals surface area contributed by atoms with Crippen LogP contribution in [0.25, 0.3) is 0 Å². The molecule has 1 aliphatic carbocycles. The Kier molecular flexibility index (Phi) is 5.56. The zero-order valence-corrected chi connectivity index (χ0v) is 12.0. The average molecular weight is 277 g/mol. The van der Waals surface area contributed by atoms with Crippen molar-refractivity contribution in [3.8, 4) is 0 Å². The molecule has 4 heteroatoms. The molecule has 20 heavy (non-hydrogen) atoms. The molecule has 1 aliphatic rings. The van der Waals surface area contributed by atoms with Crippen LogP contribution in [0.2, 0.25) is 0 Å². The molecule has 1 saturated carbocycles. The van der Waals surface area contributed by atoms with Gasteiger partial charge in [-0.2, -0.15) is 0 Å². The van der Waals surface area contributed by atoms with Crippen LogP contribution in [0.3, 0.4) is 0 Å². The van der Waals surface area contributed by atoms with E-state index in [4.69, 9.17) is 15.2 Å². The highest BCUT2D eigenvalue weighted by Crippen LogP contribution is 2.27. The van der Waals surface area contributed by atoms with Crippen molar-refractivity contribution in [1.82, 2.24) is 0 Å². The number of hydrogen-bond donors (Lipinski definition) is 1. The van der Waals surface area contributed by atoms with Gasteiger partial charge in [0.1, 0.15) is 0 Å². The summed E-state index contributed by atoms with van der Waals surface area (Å²) in [5.74, 6) is -0.312. The Morgan fingerprint density at radius 3 is 2.50 bits per heavy atom. The third-order valence-electron chi connectivity index (χ3n) is 3.65. The normalized spacial score (nSPS) is 24.1. The van der Waals surface area contributed by atoms with E-state index in [2.05, 4.69) is 0 Å². The molecule has 1 aromatic carbocycles. The van der Waals surface area contributed by atoms with Gasteiger partial charge in [0.05, 0.1) is 12.7 Å². The summed E-state index contributed by atoms with van der Waals surface area (Å²) >= 11 is 0. The topological polar surface area (TPSA) is 61.5 Å². The summed E-state index contributed by atoms with van der Waals surface area (Å²) in [6, 6.07) is 9.80. The van der Waals surface area contributed by atoms with Crippen molar-refractivity contribution >= 4 is 5.97 Å². The maximum absolute atomic E-state index is 12.1. The van der Waals surface area contributed by atoms with Crippen LogP contribution in [0, 0.1) is 0 Å². The van der Waals surface area contributed by atoms with Gasteiger partial charge in [0.2, 0.25) is 0 Å². The van der Waals surface area contributed by atoms with Crippen molar-refractivity contribution in [3.05, 3.63) is 35.9 Å². The molecule has 0 radical (unpaired) electrons. The van der Waals surface area contributed by atoms with Gasteiger partial charge in [-0.05, 0) is 38.2 Å². The van der Waals surface area contributed by atoms with Crippen LogP contribution in [-0.2, 0) is 14.3 Å². The van der Waals surface area contributed by atoms with Gasteiger partial charge in [-0.25, -0.2) is 4.79 Å². The van der Waals surface area contributed by atoms with E-state index in [1.807, 2.05) is 30.3 Å². The Balaban J connectivity index is 2.05. The molecule has 1 unspecified atom stereocenters. The van der Waals surface area contributed by atoms with Gasteiger partial charge in [-0.15, -0.1) is 0 Å². The largest absolute Gasteiger partial charge is 0.464 e. The average Bonchev–Trinajstić information content (AvgIpc) is 2.48. The lowest BCUT2D eigenvalue weighted by atomic mass is 9.93. The van der Waals surface area contributed by atoms with Crippen LogP contribution in [0.1, 0.15) is 44.3 Å². The minimum atomic E-state index is -0.629. The number of hydrogen-bond acceptors (Lipinski definition) is 4. The highest BCUT2D eigenvalue weighted by Gasteiger charge is 2.28. The molecule has 1 aromatic rings. The summed E-state index contributed by atoms with van der Waals surface area (Å²) in [6.07, 6.45) is 3.18. The van der Waals surface area contributed by atoms with Crippen molar-refractivity contribution in [2.45, 2.75) is 50.9 Å². The molecule has 0 amide bonds. The molecule has 1 fully saturated rings. The zero-order valence-electron chi connectivity index (χ0n) is 12.0. The van der Waals surface area contributed by atoms with Gasteiger partial charge < -0.3 is 15.2 Å². The Morgan fingerprint density at radius 2 is 1.90 bits per heavy atom. The van der Waals surface area contributed by atoms with E-state index in [0.717, 1.165) is 31.2 Å². The maximum Gasteiger partial charge on any atom is 0.339 e. The van der Waals surface area contributed by atoms with Gasteiger partial charge in [-0.1, -0.05) is 30.3 Å². The highest BCUT2D eigenvalue weighted by molar-refractivity contribution is 5.76. The Bertz CT molecular complexity index is 413. The molecule has 4 nitrogen and oxygen atoms in total. The second-order valence-corrected chi connectivity index (χ2v) is 5.22. The fourth-order valence-electron chi connectivity index (χ4n) is 2.53. The molecule has 110 valence electrons. The minimum absolute atomic E-state index is 0.0874. The van der Waals surface area contributed by atoms with Crippen molar-refractivity contribution in [2.24, 2.45) is 5.73 Å². The molecule has 0 bridgehead atoms. The summed E-state index contributed by atoms with van der Waals surface area (Å²) in [5.41, 5.74) is 6.75. The smallest absolute Gasteiger partial charge is 0.339 e. The van der Waals surface area contributed by atoms with Crippen LogP contribution < -0.4 is 5.73 Å². The van der Waals surface area contributed by atoms with E-state index in [9.17, 15) is 4.79 Å². The third kappa shape index (κ3) is 4.05. The summed E-state index contributed by atoms with van der Waals surface area (Å²) in [6.45, 7) is 2.17. The van der Waals surface area contributed by atoms with Crippen molar-refractivity contribution in [2.75, 3.05) is 6.61 Å². The first-order valence-electron chi connectivity index (χ1n) is 7.33. The predicted octanol–water partition coefficient (Wildman–Crippen LogP) is 2.58.